The van der Waals surface area contributed by atoms with E-state index in [4.69, 9.17) is 9.47 Å². The van der Waals surface area contributed by atoms with Crippen molar-refractivity contribution in [1.82, 2.24) is 21.1 Å². The number of likely N-dealkylation sites (N-methyl/N-ethyl adjacent to an activating group) is 1. The van der Waals surface area contributed by atoms with E-state index in [0.29, 0.717) is 25.3 Å². The Morgan fingerprint density at radius 3 is 2.23 bits per heavy atom. The van der Waals surface area contributed by atoms with E-state index >= 15 is 0 Å². The third kappa shape index (κ3) is 8.86. The molecule has 0 aliphatic rings. The number of carbonyl (C=O) groups excluding carboxylic acids is 3. The molecule has 1 heterocycles. The third-order valence-corrected chi connectivity index (χ3v) is 8.94. The van der Waals surface area contributed by atoms with Crippen LogP contribution in [0.15, 0.2) is 72.1 Å². The van der Waals surface area contributed by atoms with Crippen molar-refractivity contribution >= 4 is 61.7 Å². The maximum atomic E-state index is 13.5. The number of urea groups is 1. The Labute approximate surface area is 284 Å². The second-order valence-electron chi connectivity index (χ2n) is 11.4. The van der Waals surface area contributed by atoms with Crippen LogP contribution in [0, 0.1) is 0 Å². The summed E-state index contributed by atoms with van der Waals surface area (Å²) in [5.74, 6) is -3.90. The molecule has 48 heavy (non-hydrogen) atoms. The molecule has 0 aliphatic carbocycles. The molecule has 0 aliphatic heterocycles. The fourth-order valence-corrected chi connectivity index (χ4v) is 6.58. The average molecular weight is 678 g/mol. The first-order chi connectivity index (χ1) is 23.0. The second kappa shape index (κ2) is 16.5. The van der Waals surface area contributed by atoms with E-state index in [9.17, 15) is 24.3 Å². The summed E-state index contributed by atoms with van der Waals surface area (Å²) >= 11 is 1.60. The fourth-order valence-electron chi connectivity index (χ4n) is 5.62. The number of anilines is 1. The predicted molar refractivity (Wildman–Crippen MR) is 187 cm³/mol. The third-order valence-electron chi connectivity index (χ3n) is 7.92. The number of amides is 4. The van der Waals surface area contributed by atoms with E-state index in [-0.39, 0.29) is 6.54 Å². The number of nitrogens with one attached hydrogen (secondary N) is 3. The number of thiophene rings is 1. The lowest BCUT2D eigenvalue weighted by Gasteiger charge is -2.39. The highest BCUT2D eigenvalue weighted by molar-refractivity contribution is 7.17. The monoisotopic (exact) mass is 677 g/mol. The van der Waals surface area contributed by atoms with Crippen LogP contribution >= 0.6 is 11.3 Å². The maximum Gasteiger partial charge on any atom is 0.336 e. The van der Waals surface area contributed by atoms with Gasteiger partial charge in [0, 0.05) is 43.8 Å². The highest BCUT2D eigenvalue weighted by Crippen LogP contribution is 2.32. The number of carbonyl (C=O) groups is 4. The molecule has 12 nitrogen and oxygen atoms in total. The van der Waals surface area contributed by atoms with Crippen LogP contribution in [0.2, 0.25) is 0 Å². The maximum absolute atomic E-state index is 13.5. The summed E-state index contributed by atoms with van der Waals surface area (Å²) in [6, 6.07) is 18.6. The Balaban J connectivity index is 1.42. The zero-order valence-corrected chi connectivity index (χ0v) is 28.6. The zero-order chi connectivity index (χ0) is 34.8. The average Bonchev–Trinajstić information content (AvgIpc) is 3.45. The van der Waals surface area contributed by atoms with Gasteiger partial charge >= 0.3 is 12.0 Å². The predicted octanol–water partition coefficient (Wildman–Crippen LogP) is 4.52. The minimum Gasteiger partial charge on any atom is -0.481 e. The Morgan fingerprint density at radius 1 is 0.896 bits per heavy atom. The summed E-state index contributed by atoms with van der Waals surface area (Å²) in [5, 5.41) is 21.1. The molecule has 0 radical (unpaired) electrons. The van der Waals surface area contributed by atoms with Gasteiger partial charge in [-0.15, -0.1) is 11.3 Å². The van der Waals surface area contributed by atoms with Gasteiger partial charge in [-0.2, -0.15) is 0 Å². The van der Waals surface area contributed by atoms with Gasteiger partial charge in [0.15, 0.2) is 5.79 Å². The second-order valence-corrected chi connectivity index (χ2v) is 12.3. The molecule has 0 bridgehead atoms. The Bertz CT molecular complexity index is 1730. The Kier molecular flexibility index (Phi) is 12.5. The Hall–Kier alpha value is -4.56. The summed E-state index contributed by atoms with van der Waals surface area (Å²) in [7, 11) is 3.11. The van der Waals surface area contributed by atoms with Gasteiger partial charge in [-0.1, -0.05) is 54.6 Å². The molecule has 4 aromatic rings. The first-order valence-electron chi connectivity index (χ1n) is 15.8. The molecule has 3 aromatic carbocycles. The summed E-state index contributed by atoms with van der Waals surface area (Å²) in [6.07, 6.45) is -0.330. The molecule has 256 valence electrons. The van der Waals surface area contributed by atoms with Crippen LogP contribution in [-0.2, 0) is 30.3 Å². The van der Waals surface area contributed by atoms with Crippen LogP contribution in [0.3, 0.4) is 0 Å². The zero-order valence-electron chi connectivity index (χ0n) is 27.8. The summed E-state index contributed by atoms with van der Waals surface area (Å²) < 4.78 is 13.5. The van der Waals surface area contributed by atoms with Crippen molar-refractivity contribution in [3.63, 3.8) is 0 Å². The number of carboxylic acid groups (broad SMARTS) is 1. The molecule has 13 heteroatoms. The number of hydrogen-bond acceptors (Lipinski definition) is 8. The van der Waals surface area contributed by atoms with Crippen molar-refractivity contribution < 1.29 is 33.8 Å². The molecule has 1 aromatic heterocycles. The van der Waals surface area contributed by atoms with Crippen molar-refractivity contribution in [2.24, 2.45) is 0 Å². The molecule has 1 unspecified atom stereocenters. The van der Waals surface area contributed by atoms with Crippen LogP contribution in [0.25, 0.3) is 20.9 Å². The van der Waals surface area contributed by atoms with Gasteiger partial charge in [0.1, 0.15) is 6.04 Å². The number of benzene rings is 3. The molecule has 0 fully saturated rings. The van der Waals surface area contributed by atoms with Gasteiger partial charge in [-0.25, -0.2) is 9.80 Å². The molecule has 2 atom stereocenters. The quantitative estimate of drug-likeness (QED) is 0.0999. The van der Waals surface area contributed by atoms with Gasteiger partial charge < -0.3 is 25.2 Å². The minimum atomic E-state index is -1.40. The lowest BCUT2D eigenvalue weighted by atomic mass is 9.97. The van der Waals surface area contributed by atoms with Gasteiger partial charge in [0.05, 0.1) is 24.7 Å². The van der Waals surface area contributed by atoms with Crippen LogP contribution in [-0.4, -0.2) is 85.7 Å². The van der Waals surface area contributed by atoms with Crippen LogP contribution < -0.4 is 21.0 Å². The highest BCUT2D eigenvalue weighted by atomic mass is 32.1. The van der Waals surface area contributed by atoms with E-state index < -0.39 is 48.1 Å². The first-order valence-corrected chi connectivity index (χ1v) is 16.6. The van der Waals surface area contributed by atoms with Gasteiger partial charge in [0.2, 0.25) is 11.8 Å². The number of aliphatic carboxylic acids is 1. The van der Waals surface area contributed by atoms with E-state index in [1.807, 2.05) is 86.0 Å². The molecular formula is C35H43N5O7S. The van der Waals surface area contributed by atoms with E-state index in [1.165, 1.54) is 17.0 Å². The summed E-state index contributed by atoms with van der Waals surface area (Å²) in [6.45, 7) is 5.64. The Morgan fingerprint density at radius 2 is 1.54 bits per heavy atom. The minimum absolute atomic E-state index is 0.297. The molecule has 4 amide bonds. The molecule has 0 saturated heterocycles. The number of hydrazine groups is 1. The van der Waals surface area contributed by atoms with Crippen molar-refractivity contribution in [1.29, 1.82) is 0 Å². The van der Waals surface area contributed by atoms with Gasteiger partial charge in [-0.05, 0) is 54.6 Å². The van der Waals surface area contributed by atoms with E-state index in [2.05, 4.69) is 16.1 Å². The summed E-state index contributed by atoms with van der Waals surface area (Å²) in [5.41, 5.74) is 4.31. The number of fused-ring (bicyclic) bond motifs is 2. The molecule has 4 rings (SSSR count). The smallest absolute Gasteiger partial charge is 0.336 e. The molecule has 0 saturated carbocycles. The number of rotatable bonds is 16. The molecule has 0 spiro atoms. The van der Waals surface area contributed by atoms with E-state index in [1.54, 1.807) is 25.3 Å². The number of ether oxygens (including phenoxy) is 2. The largest absolute Gasteiger partial charge is 0.481 e. The fraction of sp³-hybridized carbons (Fsp3) is 0.371. The number of carboxylic acids is 1. The topological polar surface area (TPSA) is 150 Å². The number of hydrogen-bond donors (Lipinski definition) is 4. The summed E-state index contributed by atoms with van der Waals surface area (Å²) in [4.78, 5) is 52.8. The van der Waals surface area contributed by atoms with Crippen molar-refractivity contribution in [2.45, 2.75) is 51.5 Å². The van der Waals surface area contributed by atoms with Crippen molar-refractivity contribution in [3.8, 4) is 0 Å². The number of nitrogens with zero attached hydrogens (tertiary/aromatic N) is 2. The van der Waals surface area contributed by atoms with Crippen molar-refractivity contribution in [3.05, 3.63) is 77.7 Å². The first kappa shape index (κ1) is 36.3. The lowest BCUT2D eigenvalue weighted by molar-refractivity contribution is -0.246. The normalized spacial score (nSPS) is 12.9. The standard InChI is InChI=1S/C35H43N5O7S/c1-6-46-35(47-7-2,20-25-22-48-30-18-11-10-16-27(25)30)23(3)36-33(44)28(19-32(42)43)37-31(41)21-39(4)38-34(45)40(5)29-17-12-14-24-13-8-9-15-26(24)29/h8-18,22-23,28H,6-7,19-21H2,1-5H3,(H,36,44)(H,37,41)(H,38,45)(H,42,43)/t23-,28?/m0/s1. The van der Waals surface area contributed by atoms with Crippen LogP contribution in [0.1, 0.15) is 32.8 Å². The van der Waals surface area contributed by atoms with Gasteiger partial charge in [-0.3, -0.25) is 24.7 Å². The SMILES string of the molecule is CCOC(Cc1csc2ccccc12)(OCC)[C@H](C)NC(=O)C(CC(=O)O)NC(=O)CN(C)NC(=O)N(C)c1cccc2ccccc12. The lowest BCUT2D eigenvalue weighted by Crippen LogP contribution is -2.60. The van der Waals surface area contributed by atoms with Crippen LogP contribution in [0.4, 0.5) is 10.5 Å². The van der Waals surface area contributed by atoms with Crippen LogP contribution in [0.5, 0.6) is 0 Å². The van der Waals surface area contributed by atoms with Crippen molar-refractivity contribution in [2.75, 3.05) is 38.8 Å². The molecule has 4 N–H and O–H groups in total. The van der Waals surface area contributed by atoms with E-state index in [0.717, 1.165) is 26.4 Å². The van der Waals surface area contributed by atoms with Gasteiger partial charge in [0.25, 0.3) is 0 Å². The molecular weight excluding hydrogens is 634 g/mol. The highest BCUT2D eigenvalue weighted by Gasteiger charge is 2.41.